The molecule has 3 heterocycles. The predicted molar refractivity (Wildman–Crippen MR) is 136 cm³/mol. The van der Waals surface area contributed by atoms with Gasteiger partial charge in [0.2, 0.25) is 0 Å². The van der Waals surface area contributed by atoms with Crippen molar-refractivity contribution < 1.29 is 27.9 Å². The number of anilines is 1. The van der Waals surface area contributed by atoms with Crippen molar-refractivity contribution in [2.75, 3.05) is 5.73 Å². The highest BCUT2D eigenvalue weighted by molar-refractivity contribution is 6.04. The van der Waals surface area contributed by atoms with Crippen LogP contribution in [-0.4, -0.2) is 54.6 Å². The van der Waals surface area contributed by atoms with Gasteiger partial charge in [-0.15, -0.1) is 5.10 Å². The molecule has 2 aliphatic carbocycles. The molecule has 0 bridgehead atoms. The third-order valence-corrected chi connectivity index (χ3v) is 8.15. The molecule has 2 aromatic heterocycles. The van der Waals surface area contributed by atoms with Crippen LogP contribution in [0.15, 0.2) is 24.4 Å². The van der Waals surface area contributed by atoms with Crippen molar-refractivity contribution in [1.82, 2.24) is 24.8 Å². The predicted octanol–water partition coefficient (Wildman–Crippen LogP) is 3.78. The molecule has 0 saturated heterocycles. The molecule has 2 saturated carbocycles. The van der Waals surface area contributed by atoms with Gasteiger partial charge in [-0.25, -0.2) is 9.50 Å². The quantitative estimate of drug-likeness (QED) is 0.451. The number of carbonyl (C=O) groups excluding carboxylic acids is 2. The Balaban J connectivity index is 1.38. The van der Waals surface area contributed by atoms with Crippen LogP contribution in [0.5, 0.6) is 0 Å². The Morgan fingerprint density at radius 3 is 2.69 bits per heavy atom. The average Bonchev–Trinajstić information content (AvgIpc) is 3.60. The second-order valence-corrected chi connectivity index (χ2v) is 10.9. The van der Waals surface area contributed by atoms with Gasteiger partial charge >= 0.3 is 6.18 Å². The number of benzene rings is 1. The lowest BCUT2D eigenvalue weighted by Crippen LogP contribution is -2.40. The lowest BCUT2D eigenvalue weighted by molar-refractivity contribution is -0.137. The second kappa shape index (κ2) is 9.22. The van der Waals surface area contributed by atoms with Gasteiger partial charge in [0.05, 0.1) is 22.9 Å². The molecule has 0 radical (unpaired) electrons. The number of carbonyl (C=O) groups is 2. The zero-order chi connectivity index (χ0) is 27.6. The van der Waals surface area contributed by atoms with E-state index in [2.05, 4.69) is 15.4 Å². The Morgan fingerprint density at radius 1 is 1.23 bits per heavy atom. The summed E-state index contributed by atoms with van der Waals surface area (Å²) in [5, 5.41) is 17.0. The highest BCUT2D eigenvalue weighted by atomic mass is 19.4. The van der Waals surface area contributed by atoms with Crippen LogP contribution in [0.25, 0.3) is 16.9 Å². The molecule has 1 aliphatic heterocycles. The van der Waals surface area contributed by atoms with Gasteiger partial charge in [0.25, 0.3) is 11.8 Å². The third-order valence-electron chi connectivity index (χ3n) is 8.15. The molecule has 206 valence electrons. The van der Waals surface area contributed by atoms with E-state index in [0.29, 0.717) is 30.7 Å². The van der Waals surface area contributed by atoms with E-state index in [1.807, 2.05) is 6.92 Å². The number of hydrogen-bond acceptors (Lipinski definition) is 6. The molecular formula is C27H29F3N6O3. The first kappa shape index (κ1) is 25.6. The van der Waals surface area contributed by atoms with Crippen LogP contribution in [0.3, 0.4) is 0 Å². The molecule has 4 N–H and O–H groups in total. The average molecular weight is 543 g/mol. The van der Waals surface area contributed by atoms with Crippen molar-refractivity contribution >= 4 is 23.3 Å². The minimum Gasteiger partial charge on any atom is -0.393 e. The van der Waals surface area contributed by atoms with Crippen molar-refractivity contribution in [1.29, 1.82) is 0 Å². The third kappa shape index (κ3) is 4.60. The number of fused-ring (bicyclic) bond motifs is 2. The van der Waals surface area contributed by atoms with E-state index in [1.54, 1.807) is 6.07 Å². The molecule has 6 rings (SSSR count). The van der Waals surface area contributed by atoms with Gasteiger partial charge in [-0.2, -0.15) is 13.2 Å². The molecule has 1 unspecified atom stereocenters. The van der Waals surface area contributed by atoms with E-state index < -0.39 is 29.7 Å². The number of halogens is 3. The van der Waals surface area contributed by atoms with Crippen LogP contribution in [-0.2, 0) is 12.7 Å². The monoisotopic (exact) mass is 542 g/mol. The Hall–Kier alpha value is -3.67. The zero-order valence-electron chi connectivity index (χ0n) is 21.3. The standard InChI is InChI=1S/C27H29F3N6O3/c1-13(14-5-6-14)35-12-16-9-15(10-19(27(28,29)30)21(16)26(35)39)20-7-8-36-24(33-20)22(23(31)34-36)25(38)32-17-3-2-4-18(37)11-17/h7-10,13-14,17-18,37H,2-6,11-12H2,1H3,(H2,31,34)(H,32,38)/t13?,17-,18+/m0/s1. The molecular weight excluding hydrogens is 513 g/mol. The first-order chi connectivity index (χ1) is 18.5. The largest absolute Gasteiger partial charge is 0.417 e. The van der Waals surface area contributed by atoms with E-state index in [1.165, 1.54) is 21.7 Å². The summed E-state index contributed by atoms with van der Waals surface area (Å²) in [5.41, 5.74) is 5.56. The van der Waals surface area contributed by atoms with Gasteiger partial charge < -0.3 is 21.1 Å². The molecule has 1 aromatic carbocycles. The van der Waals surface area contributed by atoms with Crippen molar-refractivity contribution in [2.45, 2.75) is 76.4 Å². The number of alkyl halides is 3. The maximum atomic E-state index is 14.2. The SMILES string of the molecule is CC(C1CC1)N1Cc2cc(-c3ccn4nc(N)c(C(=O)N[C@H]5CCC[C@@H](O)C5)c4n3)cc(C(F)(F)F)c2C1=O. The van der Waals surface area contributed by atoms with Gasteiger partial charge in [0, 0.05) is 30.4 Å². The molecule has 12 heteroatoms. The first-order valence-corrected chi connectivity index (χ1v) is 13.2. The van der Waals surface area contributed by atoms with Gasteiger partial charge in [-0.3, -0.25) is 9.59 Å². The Kier molecular flexibility index (Phi) is 6.05. The number of nitrogens with one attached hydrogen (secondary N) is 1. The molecule has 9 nitrogen and oxygen atoms in total. The van der Waals surface area contributed by atoms with Crippen LogP contribution in [0.1, 0.15) is 77.3 Å². The fourth-order valence-corrected chi connectivity index (χ4v) is 5.89. The fourth-order valence-electron chi connectivity index (χ4n) is 5.89. The minimum absolute atomic E-state index is 0.0220. The summed E-state index contributed by atoms with van der Waals surface area (Å²) in [4.78, 5) is 32.3. The molecule has 39 heavy (non-hydrogen) atoms. The zero-order valence-corrected chi connectivity index (χ0v) is 21.3. The first-order valence-electron chi connectivity index (χ1n) is 13.2. The van der Waals surface area contributed by atoms with Crippen LogP contribution in [0.2, 0.25) is 0 Å². The van der Waals surface area contributed by atoms with E-state index in [4.69, 9.17) is 5.73 Å². The summed E-state index contributed by atoms with van der Waals surface area (Å²) >= 11 is 0. The van der Waals surface area contributed by atoms with E-state index in [-0.39, 0.29) is 52.5 Å². The summed E-state index contributed by atoms with van der Waals surface area (Å²) in [7, 11) is 0. The summed E-state index contributed by atoms with van der Waals surface area (Å²) in [5.74, 6) is -0.850. The normalized spacial score (nSPS) is 22.3. The van der Waals surface area contributed by atoms with Crippen LogP contribution < -0.4 is 11.1 Å². The molecule has 3 atom stereocenters. The highest BCUT2D eigenvalue weighted by Gasteiger charge is 2.44. The number of amides is 2. The van der Waals surface area contributed by atoms with Crippen LogP contribution in [0, 0.1) is 5.92 Å². The van der Waals surface area contributed by atoms with Crippen molar-refractivity contribution in [3.05, 3.63) is 46.6 Å². The minimum atomic E-state index is -4.74. The van der Waals surface area contributed by atoms with E-state index in [0.717, 1.165) is 25.3 Å². The van der Waals surface area contributed by atoms with Crippen LogP contribution in [0.4, 0.5) is 19.0 Å². The Morgan fingerprint density at radius 2 is 2.00 bits per heavy atom. The fraction of sp³-hybridized carbons (Fsp3) is 0.481. The van der Waals surface area contributed by atoms with Crippen LogP contribution >= 0.6 is 0 Å². The summed E-state index contributed by atoms with van der Waals surface area (Å²) < 4.78 is 43.9. The number of aliphatic hydroxyl groups excluding tert-OH is 1. The van der Waals surface area contributed by atoms with Crippen molar-refractivity contribution in [3.63, 3.8) is 0 Å². The van der Waals surface area contributed by atoms with Gasteiger partial charge in [0.15, 0.2) is 11.5 Å². The number of nitrogens with two attached hydrogens (primary N) is 1. The van der Waals surface area contributed by atoms with Gasteiger partial charge in [-0.05, 0) is 75.1 Å². The van der Waals surface area contributed by atoms with E-state index in [9.17, 15) is 27.9 Å². The lowest BCUT2D eigenvalue weighted by atomic mass is 9.93. The highest BCUT2D eigenvalue weighted by Crippen LogP contribution is 2.43. The van der Waals surface area contributed by atoms with Crippen molar-refractivity contribution in [2.24, 2.45) is 5.92 Å². The topological polar surface area (TPSA) is 126 Å². The summed E-state index contributed by atoms with van der Waals surface area (Å²) in [6.07, 6.45) is 0.782. The summed E-state index contributed by atoms with van der Waals surface area (Å²) in [6, 6.07) is 3.66. The Bertz CT molecular complexity index is 1480. The number of aliphatic hydroxyl groups is 1. The van der Waals surface area contributed by atoms with Gasteiger partial charge in [-0.1, -0.05) is 0 Å². The Labute approximate surface area is 222 Å². The maximum absolute atomic E-state index is 14.2. The lowest BCUT2D eigenvalue weighted by Gasteiger charge is -2.26. The maximum Gasteiger partial charge on any atom is 0.417 e. The van der Waals surface area contributed by atoms with E-state index >= 15 is 0 Å². The smallest absolute Gasteiger partial charge is 0.393 e. The number of nitrogens with zero attached hydrogens (tertiary/aromatic N) is 4. The number of hydrogen-bond donors (Lipinski definition) is 3. The van der Waals surface area contributed by atoms with Crippen molar-refractivity contribution in [3.8, 4) is 11.3 Å². The molecule has 2 fully saturated rings. The molecule has 3 aromatic rings. The number of rotatable bonds is 5. The second-order valence-electron chi connectivity index (χ2n) is 10.9. The van der Waals surface area contributed by atoms with Gasteiger partial charge in [0.1, 0.15) is 5.56 Å². The molecule has 3 aliphatic rings. The summed E-state index contributed by atoms with van der Waals surface area (Å²) in [6.45, 7) is 1.99. The number of nitrogen functional groups attached to an aromatic ring is 1. The molecule has 0 spiro atoms. The number of aromatic nitrogens is 3. The molecule has 2 amide bonds.